The zero-order valence-corrected chi connectivity index (χ0v) is 6.71. The SMILES string of the molecule is O=C(O)C=CC(=O)OCCC(O)O. The molecule has 0 saturated carbocycles. The standard InChI is InChI=1S/C7H10O6/c8-5(9)1-2-7(12)13-4-3-6(10)11/h1-2,6,10-11H,3-4H2,(H,8,9). The first-order valence-corrected chi connectivity index (χ1v) is 3.46. The molecule has 6 nitrogen and oxygen atoms in total. The van der Waals surface area contributed by atoms with Crippen LogP contribution in [-0.4, -0.2) is 40.2 Å². The third kappa shape index (κ3) is 8.51. The number of rotatable bonds is 5. The van der Waals surface area contributed by atoms with Crippen molar-refractivity contribution in [2.45, 2.75) is 12.7 Å². The fourth-order valence-electron chi connectivity index (χ4n) is 0.452. The van der Waals surface area contributed by atoms with Crippen LogP contribution < -0.4 is 0 Å². The molecule has 0 spiro atoms. The Morgan fingerprint density at radius 1 is 1.31 bits per heavy atom. The van der Waals surface area contributed by atoms with Gasteiger partial charge in [0.2, 0.25) is 0 Å². The van der Waals surface area contributed by atoms with Gasteiger partial charge in [0.15, 0.2) is 6.29 Å². The summed E-state index contributed by atoms with van der Waals surface area (Å²) in [5.41, 5.74) is 0. The number of esters is 1. The number of carbonyl (C=O) groups excluding carboxylic acids is 1. The van der Waals surface area contributed by atoms with Gasteiger partial charge in [0.1, 0.15) is 0 Å². The van der Waals surface area contributed by atoms with E-state index in [-0.39, 0.29) is 13.0 Å². The minimum atomic E-state index is -1.53. The highest BCUT2D eigenvalue weighted by atomic mass is 16.5. The fraction of sp³-hybridized carbons (Fsp3) is 0.429. The molecule has 74 valence electrons. The predicted molar refractivity (Wildman–Crippen MR) is 40.6 cm³/mol. The largest absolute Gasteiger partial charge is 0.478 e. The highest BCUT2D eigenvalue weighted by Gasteiger charge is 2.01. The van der Waals surface area contributed by atoms with Crippen LogP contribution in [0.15, 0.2) is 12.2 Å². The van der Waals surface area contributed by atoms with Gasteiger partial charge < -0.3 is 20.1 Å². The smallest absolute Gasteiger partial charge is 0.331 e. The van der Waals surface area contributed by atoms with Gasteiger partial charge in [-0.3, -0.25) is 0 Å². The summed E-state index contributed by atoms with van der Waals surface area (Å²) in [7, 11) is 0. The summed E-state index contributed by atoms with van der Waals surface area (Å²) in [4.78, 5) is 20.5. The van der Waals surface area contributed by atoms with Crippen molar-refractivity contribution >= 4 is 11.9 Å². The summed E-state index contributed by atoms with van der Waals surface area (Å²) >= 11 is 0. The second-order valence-corrected chi connectivity index (χ2v) is 2.11. The topological polar surface area (TPSA) is 104 Å². The minimum absolute atomic E-state index is 0.105. The van der Waals surface area contributed by atoms with Gasteiger partial charge in [0, 0.05) is 18.6 Å². The number of aliphatic hydroxyl groups is 2. The van der Waals surface area contributed by atoms with E-state index < -0.39 is 18.2 Å². The number of aliphatic carboxylic acids is 1. The van der Waals surface area contributed by atoms with Gasteiger partial charge in [-0.25, -0.2) is 9.59 Å². The van der Waals surface area contributed by atoms with Gasteiger partial charge in [0.05, 0.1) is 6.61 Å². The first-order valence-electron chi connectivity index (χ1n) is 3.46. The van der Waals surface area contributed by atoms with Crippen LogP contribution in [-0.2, 0) is 14.3 Å². The molecule has 0 aliphatic heterocycles. The summed E-state index contributed by atoms with van der Waals surface area (Å²) in [6.45, 7) is -0.166. The van der Waals surface area contributed by atoms with Crippen LogP contribution in [0.25, 0.3) is 0 Å². The van der Waals surface area contributed by atoms with E-state index >= 15 is 0 Å². The van der Waals surface area contributed by atoms with E-state index in [1.165, 1.54) is 0 Å². The highest BCUT2D eigenvalue weighted by molar-refractivity contribution is 5.90. The lowest BCUT2D eigenvalue weighted by Gasteiger charge is -2.02. The summed E-state index contributed by atoms with van der Waals surface area (Å²) < 4.78 is 4.39. The highest BCUT2D eigenvalue weighted by Crippen LogP contribution is 1.89. The van der Waals surface area contributed by atoms with Crippen molar-refractivity contribution in [1.29, 1.82) is 0 Å². The molecule has 0 rings (SSSR count). The molecule has 0 aromatic carbocycles. The number of hydrogen-bond acceptors (Lipinski definition) is 5. The summed E-state index contributed by atoms with van der Waals surface area (Å²) in [5.74, 6) is -2.08. The van der Waals surface area contributed by atoms with Crippen LogP contribution >= 0.6 is 0 Å². The Morgan fingerprint density at radius 2 is 1.92 bits per heavy atom. The maximum Gasteiger partial charge on any atom is 0.331 e. The molecule has 0 aliphatic rings. The van der Waals surface area contributed by atoms with E-state index in [2.05, 4.69) is 4.74 Å². The van der Waals surface area contributed by atoms with Gasteiger partial charge in [-0.2, -0.15) is 0 Å². The molecule has 0 bridgehead atoms. The minimum Gasteiger partial charge on any atom is -0.478 e. The molecule has 0 saturated heterocycles. The lowest BCUT2D eigenvalue weighted by Crippen LogP contribution is -2.11. The van der Waals surface area contributed by atoms with Crippen molar-refractivity contribution < 1.29 is 29.6 Å². The third-order valence-corrected chi connectivity index (χ3v) is 0.982. The molecule has 13 heavy (non-hydrogen) atoms. The zero-order chi connectivity index (χ0) is 10.3. The first-order chi connectivity index (χ1) is 6.02. The first kappa shape index (κ1) is 11.6. The van der Waals surface area contributed by atoms with Crippen LogP contribution in [0.1, 0.15) is 6.42 Å². The maximum absolute atomic E-state index is 10.6. The second-order valence-electron chi connectivity index (χ2n) is 2.11. The van der Waals surface area contributed by atoms with Crippen LogP contribution in [0.4, 0.5) is 0 Å². The van der Waals surface area contributed by atoms with Crippen LogP contribution in [0.3, 0.4) is 0 Å². The molecular formula is C7H10O6. The number of ether oxygens (including phenoxy) is 1. The molecule has 0 atom stereocenters. The molecule has 0 radical (unpaired) electrons. The molecule has 0 unspecified atom stereocenters. The van der Waals surface area contributed by atoms with Gasteiger partial charge in [-0.05, 0) is 0 Å². The molecule has 3 N–H and O–H groups in total. The van der Waals surface area contributed by atoms with E-state index in [1.807, 2.05) is 0 Å². The Bertz CT molecular complexity index is 207. The molecule has 0 aromatic rings. The monoisotopic (exact) mass is 190 g/mol. The second kappa shape index (κ2) is 6.15. The molecule has 0 aromatic heterocycles. The Kier molecular flexibility index (Phi) is 5.49. The number of hydrogen-bond donors (Lipinski definition) is 3. The van der Waals surface area contributed by atoms with E-state index in [1.54, 1.807) is 0 Å². The van der Waals surface area contributed by atoms with Crippen LogP contribution in [0.2, 0.25) is 0 Å². The average molecular weight is 190 g/mol. The van der Waals surface area contributed by atoms with Crippen molar-refractivity contribution in [3.8, 4) is 0 Å². The fourth-order valence-corrected chi connectivity index (χ4v) is 0.452. The van der Waals surface area contributed by atoms with E-state index in [9.17, 15) is 9.59 Å². The van der Waals surface area contributed by atoms with E-state index in [4.69, 9.17) is 15.3 Å². The van der Waals surface area contributed by atoms with Crippen LogP contribution in [0.5, 0.6) is 0 Å². The Balaban J connectivity index is 3.58. The number of carboxylic acids is 1. The molecular weight excluding hydrogens is 180 g/mol. The lowest BCUT2D eigenvalue weighted by molar-refractivity contribution is -0.141. The van der Waals surface area contributed by atoms with E-state index in [0.29, 0.717) is 6.08 Å². The van der Waals surface area contributed by atoms with Crippen molar-refractivity contribution in [2.75, 3.05) is 6.61 Å². The third-order valence-electron chi connectivity index (χ3n) is 0.982. The molecule has 0 aliphatic carbocycles. The number of carboxylic acid groups (broad SMARTS) is 1. The van der Waals surface area contributed by atoms with Gasteiger partial charge in [-0.15, -0.1) is 0 Å². The van der Waals surface area contributed by atoms with Gasteiger partial charge in [-0.1, -0.05) is 0 Å². The van der Waals surface area contributed by atoms with Crippen molar-refractivity contribution in [1.82, 2.24) is 0 Å². The summed E-state index contributed by atoms with van der Waals surface area (Å²) in [5, 5.41) is 24.8. The normalized spacial score (nSPS) is 10.7. The Morgan fingerprint density at radius 3 is 2.38 bits per heavy atom. The number of aliphatic hydroxyl groups excluding tert-OH is 1. The predicted octanol–water partition coefficient (Wildman–Crippen LogP) is -1.13. The van der Waals surface area contributed by atoms with Gasteiger partial charge >= 0.3 is 11.9 Å². The van der Waals surface area contributed by atoms with Crippen molar-refractivity contribution in [2.24, 2.45) is 0 Å². The lowest BCUT2D eigenvalue weighted by atomic mass is 10.4. The van der Waals surface area contributed by atoms with Crippen molar-refractivity contribution in [3.05, 3.63) is 12.2 Å². The summed E-state index contributed by atoms with van der Waals surface area (Å²) in [6.07, 6.45) is -0.257. The maximum atomic E-state index is 10.6. The molecule has 0 amide bonds. The zero-order valence-electron chi connectivity index (χ0n) is 6.71. The van der Waals surface area contributed by atoms with Gasteiger partial charge in [0.25, 0.3) is 0 Å². The Labute approximate surface area is 74.1 Å². The molecule has 6 heteroatoms. The van der Waals surface area contributed by atoms with E-state index in [0.717, 1.165) is 6.08 Å². The Hall–Kier alpha value is -1.40. The number of carbonyl (C=O) groups is 2. The van der Waals surface area contributed by atoms with Crippen molar-refractivity contribution in [3.63, 3.8) is 0 Å². The molecule has 0 fully saturated rings. The quantitative estimate of drug-likeness (QED) is 0.288. The average Bonchev–Trinajstić information content (AvgIpc) is 2.00. The van der Waals surface area contributed by atoms with Crippen LogP contribution in [0, 0.1) is 0 Å². The molecule has 0 heterocycles. The summed E-state index contributed by atoms with van der Waals surface area (Å²) in [6, 6.07) is 0.